The minimum absolute atomic E-state index is 0.0693. The molecule has 0 saturated heterocycles. The van der Waals surface area contributed by atoms with Crippen LogP contribution in [0.4, 0.5) is 23.2 Å². The van der Waals surface area contributed by atoms with Crippen molar-refractivity contribution < 1.29 is 17.6 Å². The minimum Gasteiger partial charge on any atom is -0.398 e. The highest BCUT2D eigenvalue weighted by molar-refractivity contribution is 5.50. The predicted octanol–water partition coefficient (Wildman–Crippen LogP) is 3.77. The molecule has 0 aromatic heterocycles. The number of benzene rings is 1. The van der Waals surface area contributed by atoms with Gasteiger partial charge in [-0.1, -0.05) is 13.0 Å². The lowest BCUT2D eigenvalue weighted by Gasteiger charge is -2.17. The van der Waals surface area contributed by atoms with E-state index in [1.54, 1.807) is 0 Å². The fourth-order valence-corrected chi connectivity index (χ4v) is 1.60. The molecule has 1 atom stereocenters. The number of halogens is 4. The molecule has 1 nitrogen and oxygen atoms in total. The lowest BCUT2D eigenvalue weighted by molar-refractivity contribution is -0.137. The number of nitrogens with two attached hydrogens (primary N) is 1. The van der Waals surface area contributed by atoms with Crippen LogP contribution in [0.25, 0.3) is 0 Å². The van der Waals surface area contributed by atoms with E-state index in [1.165, 1.54) is 19.9 Å². The van der Waals surface area contributed by atoms with Gasteiger partial charge in [-0.15, -0.1) is 0 Å². The van der Waals surface area contributed by atoms with Crippen molar-refractivity contribution in [2.75, 3.05) is 5.73 Å². The van der Waals surface area contributed by atoms with Gasteiger partial charge < -0.3 is 5.73 Å². The highest BCUT2D eigenvalue weighted by Crippen LogP contribution is 2.34. The van der Waals surface area contributed by atoms with Crippen LogP contribution in [0.3, 0.4) is 0 Å². The van der Waals surface area contributed by atoms with E-state index in [0.29, 0.717) is 11.1 Å². The van der Waals surface area contributed by atoms with Gasteiger partial charge in [0.25, 0.3) is 0 Å². The second kappa shape index (κ2) is 4.31. The van der Waals surface area contributed by atoms with Gasteiger partial charge in [0, 0.05) is 5.69 Å². The summed E-state index contributed by atoms with van der Waals surface area (Å²) in [6.07, 6.45) is -5.20. The van der Waals surface area contributed by atoms with E-state index >= 15 is 0 Å². The number of hydrogen-bond donors (Lipinski definition) is 1. The maximum absolute atomic E-state index is 13.1. The Hall–Kier alpha value is -1.26. The summed E-state index contributed by atoms with van der Waals surface area (Å²) in [4.78, 5) is 0. The van der Waals surface area contributed by atoms with Gasteiger partial charge in [-0.2, -0.15) is 13.2 Å². The Labute approximate surface area is 91.3 Å². The molecular weight excluding hydrogens is 222 g/mol. The Balaban J connectivity index is 3.00. The van der Waals surface area contributed by atoms with E-state index in [-0.39, 0.29) is 5.69 Å². The second-order valence-electron chi connectivity index (χ2n) is 3.95. The molecule has 1 aromatic carbocycles. The van der Waals surface area contributed by atoms with Gasteiger partial charge in [-0.05, 0) is 30.0 Å². The minimum atomic E-state index is -4.24. The van der Waals surface area contributed by atoms with Crippen LogP contribution in [0.5, 0.6) is 0 Å². The number of aryl methyl sites for hydroxylation is 1. The molecule has 0 fully saturated rings. The summed E-state index contributed by atoms with van der Waals surface area (Å²) in [5.41, 5.74) is 6.22. The molecule has 0 saturated carbocycles. The van der Waals surface area contributed by atoms with Crippen molar-refractivity contribution in [3.63, 3.8) is 0 Å². The van der Waals surface area contributed by atoms with Crippen molar-refractivity contribution >= 4 is 5.69 Å². The van der Waals surface area contributed by atoms with Crippen LogP contribution in [-0.4, -0.2) is 6.18 Å². The lowest BCUT2D eigenvalue weighted by atomic mass is 9.94. The molecule has 0 spiro atoms. The second-order valence-corrected chi connectivity index (χ2v) is 3.95. The monoisotopic (exact) mass is 235 g/mol. The molecule has 16 heavy (non-hydrogen) atoms. The van der Waals surface area contributed by atoms with Crippen molar-refractivity contribution in [2.24, 2.45) is 0 Å². The van der Waals surface area contributed by atoms with Crippen LogP contribution in [0.2, 0.25) is 0 Å². The Morgan fingerprint density at radius 2 is 1.88 bits per heavy atom. The Morgan fingerprint density at radius 1 is 1.31 bits per heavy atom. The van der Waals surface area contributed by atoms with Gasteiger partial charge in [0.1, 0.15) is 5.82 Å². The third kappa shape index (κ3) is 3.12. The molecule has 1 rings (SSSR count). The number of anilines is 1. The normalized spacial score (nSPS) is 13.9. The average Bonchev–Trinajstić information content (AvgIpc) is 2.08. The molecule has 0 amide bonds. The quantitative estimate of drug-likeness (QED) is 0.612. The molecule has 5 heteroatoms. The standard InChI is InChI=1S/C11H13F4N/c1-6-3-8(10(16)4-9(6)12)7(2)5-11(13,14)15/h3-4,7H,5,16H2,1-2H3. The zero-order valence-electron chi connectivity index (χ0n) is 9.03. The van der Waals surface area contributed by atoms with E-state index in [9.17, 15) is 17.6 Å². The third-order valence-corrected chi connectivity index (χ3v) is 2.43. The van der Waals surface area contributed by atoms with Gasteiger partial charge in [0.15, 0.2) is 0 Å². The van der Waals surface area contributed by atoms with E-state index in [2.05, 4.69) is 0 Å². The molecular formula is C11H13F4N. The molecule has 0 heterocycles. The van der Waals surface area contributed by atoms with Gasteiger partial charge in [-0.25, -0.2) is 4.39 Å². The Morgan fingerprint density at radius 3 is 2.38 bits per heavy atom. The van der Waals surface area contributed by atoms with Crippen molar-refractivity contribution in [3.8, 4) is 0 Å². The molecule has 0 radical (unpaired) electrons. The highest BCUT2D eigenvalue weighted by atomic mass is 19.4. The van der Waals surface area contributed by atoms with Gasteiger partial charge in [-0.3, -0.25) is 0 Å². The first kappa shape index (κ1) is 12.8. The summed E-state index contributed by atoms with van der Waals surface area (Å²) >= 11 is 0. The first-order valence-corrected chi connectivity index (χ1v) is 4.83. The number of nitrogen functional groups attached to an aromatic ring is 1. The van der Waals surface area contributed by atoms with Crippen LogP contribution in [0, 0.1) is 12.7 Å². The number of alkyl halides is 3. The highest BCUT2D eigenvalue weighted by Gasteiger charge is 2.31. The molecule has 1 unspecified atom stereocenters. The zero-order chi connectivity index (χ0) is 12.5. The van der Waals surface area contributed by atoms with Crippen molar-refractivity contribution in [2.45, 2.75) is 32.4 Å². The van der Waals surface area contributed by atoms with Gasteiger partial charge in [0.05, 0.1) is 6.42 Å². The topological polar surface area (TPSA) is 26.0 Å². The molecule has 90 valence electrons. The summed E-state index contributed by atoms with van der Waals surface area (Å²) in [6.45, 7) is 2.93. The van der Waals surface area contributed by atoms with Crippen LogP contribution >= 0.6 is 0 Å². The van der Waals surface area contributed by atoms with E-state index < -0.39 is 24.3 Å². The van der Waals surface area contributed by atoms with E-state index in [0.717, 1.165) is 6.07 Å². The Kier molecular flexibility index (Phi) is 3.45. The SMILES string of the molecule is Cc1cc(C(C)CC(F)(F)F)c(N)cc1F. The van der Waals surface area contributed by atoms with Gasteiger partial charge in [0.2, 0.25) is 0 Å². The molecule has 2 N–H and O–H groups in total. The summed E-state index contributed by atoms with van der Waals surface area (Å²) in [7, 11) is 0. The van der Waals surface area contributed by atoms with E-state index in [1.807, 2.05) is 0 Å². The third-order valence-electron chi connectivity index (χ3n) is 2.43. The fraction of sp³-hybridized carbons (Fsp3) is 0.455. The van der Waals surface area contributed by atoms with Crippen molar-refractivity contribution in [1.29, 1.82) is 0 Å². The smallest absolute Gasteiger partial charge is 0.389 e. The zero-order valence-corrected chi connectivity index (χ0v) is 9.03. The Bertz CT molecular complexity index is 384. The van der Waals surface area contributed by atoms with Crippen LogP contribution in [0.1, 0.15) is 30.4 Å². The molecule has 0 aliphatic heterocycles. The number of rotatable bonds is 2. The lowest BCUT2D eigenvalue weighted by Crippen LogP contribution is -2.13. The van der Waals surface area contributed by atoms with Crippen LogP contribution < -0.4 is 5.73 Å². The molecule has 1 aromatic rings. The summed E-state index contributed by atoms with van der Waals surface area (Å²) < 4.78 is 49.6. The predicted molar refractivity (Wildman–Crippen MR) is 54.6 cm³/mol. The molecule has 0 bridgehead atoms. The largest absolute Gasteiger partial charge is 0.398 e. The molecule has 0 aliphatic carbocycles. The van der Waals surface area contributed by atoms with Gasteiger partial charge >= 0.3 is 6.18 Å². The summed E-state index contributed by atoms with van der Waals surface area (Å²) in [5, 5.41) is 0. The van der Waals surface area contributed by atoms with E-state index in [4.69, 9.17) is 5.73 Å². The van der Waals surface area contributed by atoms with Crippen LogP contribution in [0.15, 0.2) is 12.1 Å². The summed E-state index contributed by atoms with van der Waals surface area (Å²) in [5.74, 6) is -1.26. The molecule has 0 aliphatic rings. The fourth-order valence-electron chi connectivity index (χ4n) is 1.60. The summed E-state index contributed by atoms with van der Waals surface area (Å²) in [6, 6.07) is 2.44. The van der Waals surface area contributed by atoms with Crippen LogP contribution in [-0.2, 0) is 0 Å². The first-order valence-electron chi connectivity index (χ1n) is 4.83. The van der Waals surface area contributed by atoms with Crippen molar-refractivity contribution in [1.82, 2.24) is 0 Å². The average molecular weight is 235 g/mol. The van der Waals surface area contributed by atoms with Crippen molar-refractivity contribution in [3.05, 3.63) is 29.1 Å². The maximum Gasteiger partial charge on any atom is 0.389 e. The first-order chi connectivity index (χ1) is 7.20. The maximum atomic E-state index is 13.1. The number of hydrogen-bond acceptors (Lipinski definition) is 1.